The molecular weight excluding hydrogens is 310 g/mol. The predicted molar refractivity (Wildman–Crippen MR) is 94.4 cm³/mol. The summed E-state index contributed by atoms with van der Waals surface area (Å²) in [7, 11) is 0. The number of anilines is 1. The van der Waals surface area contributed by atoms with E-state index in [1.807, 2.05) is 13.0 Å². The summed E-state index contributed by atoms with van der Waals surface area (Å²) in [5, 5.41) is 15.6. The number of aryl methyl sites for hydroxylation is 1. The molecule has 0 saturated carbocycles. The average Bonchev–Trinajstić information content (AvgIpc) is 3.08. The minimum Gasteiger partial charge on any atom is -0.363 e. The van der Waals surface area contributed by atoms with Crippen LogP contribution >= 0.6 is 11.3 Å². The molecule has 1 aromatic heterocycles. The molecule has 122 valence electrons. The van der Waals surface area contributed by atoms with Crippen LogP contribution in [0, 0.1) is 17.0 Å². The van der Waals surface area contributed by atoms with Crippen LogP contribution in [0.15, 0.2) is 35.0 Å². The second kappa shape index (κ2) is 6.68. The quantitative estimate of drug-likeness (QED) is 0.631. The molecule has 1 atom stereocenters. The summed E-state index contributed by atoms with van der Waals surface area (Å²) in [4.78, 5) is 15.6. The zero-order valence-electron chi connectivity index (χ0n) is 13.4. The third kappa shape index (κ3) is 3.23. The van der Waals surface area contributed by atoms with Crippen molar-refractivity contribution < 1.29 is 4.92 Å². The van der Waals surface area contributed by atoms with Crippen LogP contribution in [0.1, 0.15) is 24.1 Å². The van der Waals surface area contributed by atoms with Crippen molar-refractivity contribution in [2.75, 3.05) is 31.1 Å². The highest BCUT2D eigenvalue weighted by atomic mass is 32.1. The number of rotatable bonds is 4. The summed E-state index contributed by atoms with van der Waals surface area (Å²) in [5.74, 6) is 0. The van der Waals surface area contributed by atoms with Gasteiger partial charge >= 0.3 is 0 Å². The Bertz CT molecular complexity index is 679. The lowest BCUT2D eigenvalue weighted by Gasteiger charge is -2.39. The standard InChI is InChI=1S/C17H21N3O2S/c1-13-4-3-5-16(20(21)22)17(13)19-9-7-18(8-10-19)14(2)15-6-11-23-12-15/h3-6,11-12,14H,7-10H2,1-2H3. The molecule has 1 unspecified atom stereocenters. The van der Waals surface area contributed by atoms with Crippen LogP contribution in [0.5, 0.6) is 0 Å². The normalized spacial score (nSPS) is 17.2. The van der Waals surface area contributed by atoms with Gasteiger partial charge in [0.15, 0.2) is 0 Å². The SMILES string of the molecule is Cc1cccc([N+](=O)[O-])c1N1CCN(C(C)c2ccsc2)CC1. The van der Waals surface area contributed by atoms with Gasteiger partial charge in [-0.3, -0.25) is 15.0 Å². The van der Waals surface area contributed by atoms with Crippen LogP contribution < -0.4 is 4.90 Å². The van der Waals surface area contributed by atoms with Gasteiger partial charge in [0, 0.05) is 38.3 Å². The number of thiophene rings is 1. The average molecular weight is 331 g/mol. The smallest absolute Gasteiger partial charge is 0.292 e. The van der Waals surface area contributed by atoms with Crippen LogP contribution in [-0.2, 0) is 0 Å². The Hall–Kier alpha value is -1.92. The number of para-hydroxylation sites is 1. The van der Waals surface area contributed by atoms with E-state index < -0.39 is 0 Å². The van der Waals surface area contributed by atoms with Gasteiger partial charge in [-0.15, -0.1) is 0 Å². The lowest BCUT2D eigenvalue weighted by Crippen LogP contribution is -2.47. The monoisotopic (exact) mass is 331 g/mol. The van der Waals surface area contributed by atoms with Gasteiger partial charge in [-0.2, -0.15) is 11.3 Å². The second-order valence-corrected chi connectivity index (χ2v) is 6.74. The summed E-state index contributed by atoms with van der Waals surface area (Å²) in [6.45, 7) is 7.65. The number of hydrogen-bond acceptors (Lipinski definition) is 5. The van der Waals surface area contributed by atoms with Crippen LogP contribution in [-0.4, -0.2) is 36.0 Å². The molecule has 6 heteroatoms. The van der Waals surface area contributed by atoms with E-state index in [0.717, 1.165) is 37.4 Å². The van der Waals surface area contributed by atoms with Crippen molar-refractivity contribution in [3.05, 3.63) is 56.3 Å². The van der Waals surface area contributed by atoms with E-state index in [4.69, 9.17) is 0 Å². The van der Waals surface area contributed by atoms with E-state index in [2.05, 4.69) is 33.6 Å². The summed E-state index contributed by atoms with van der Waals surface area (Å²) in [6.07, 6.45) is 0. The zero-order chi connectivity index (χ0) is 16.4. The van der Waals surface area contributed by atoms with Gasteiger partial charge in [0.1, 0.15) is 5.69 Å². The minimum absolute atomic E-state index is 0.212. The first-order valence-electron chi connectivity index (χ1n) is 7.83. The maximum absolute atomic E-state index is 11.3. The van der Waals surface area contributed by atoms with Crippen LogP contribution in [0.25, 0.3) is 0 Å². The molecule has 0 radical (unpaired) electrons. The topological polar surface area (TPSA) is 49.6 Å². The van der Waals surface area contributed by atoms with Crippen molar-refractivity contribution in [2.45, 2.75) is 19.9 Å². The fourth-order valence-electron chi connectivity index (χ4n) is 3.26. The number of nitro groups is 1. The first kappa shape index (κ1) is 16.0. The molecule has 0 N–H and O–H groups in total. The molecule has 0 aliphatic carbocycles. The number of nitro benzene ring substituents is 1. The molecule has 5 nitrogen and oxygen atoms in total. The number of nitrogens with zero attached hydrogens (tertiary/aromatic N) is 3. The van der Waals surface area contributed by atoms with E-state index in [1.54, 1.807) is 23.5 Å². The molecule has 1 aliphatic heterocycles. The molecular formula is C17H21N3O2S. The van der Waals surface area contributed by atoms with Crippen molar-refractivity contribution in [1.29, 1.82) is 0 Å². The third-order valence-electron chi connectivity index (χ3n) is 4.62. The molecule has 0 spiro atoms. The maximum Gasteiger partial charge on any atom is 0.292 e. The molecule has 23 heavy (non-hydrogen) atoms. The molecule has 0 bridgehead atoms. The Morgan fingerprint density at radius 3 is 2.57 bits per heavy atom. The van der Waals surface area contributed by atoms with E-state index in [1.165, 1.54) is 5.56 Å². The summed E-state index contributed by atoms with van der Waals surface area (Å²) >= 11 is 1.72. The van der Waals surface area contributed by atoms with Gasteiger partial charge in [-0.05, 0) is 41.8 Å². The third-order valence-corrected chi connectivity index (χ3v) is 5.32. The van der Waals surface area contributed by atoms with Gasteiger partial charge in [0.2, 0.25) is 0 Å². The molecule has 1 aliphatic rings. The first-order chi connectivity index (χ1) is 11.1. The molecule has 2 aromatic rings. The highest BCUT2D eigenvalue weighted by molar-refractivity contribution is 7.07. The van der Waals surface area contributed by atoms with E-state index in [9.17, 15) is 10.1 Å². The maximum atomic E-state index is 11.3. The first-order valence-corrected chi connectivity index (χ1v) is 8.77. The molecule has 3 rings (SSSR count). The van der Waals surface area contributed by atoms with E-state index in [-0.39, 0.29) is 10.6 Å². The minimum atomic E-state index is -0.275. The molecule has 1 aromatic carbocycles. The van der Waals surface area contributed by atoms with E-state index >= 15 is 0 Å². The van der Waals surface area contributed by atoms with Gasteiger partial charge in [-0.25, -0.2) is 0 Å². The van der Waals surface area contributed by atoms with Crippen molar-refractivity contribution in [2.24, 2.45) is 0 Å². The number of piperazine rings is 1. The van der Waals surface area contributed by atoms with Gasteiger partial charge in [0.25, 0.3) is 5.69 Å². The Labute approximate surface area is 140 Å². The molecule has 1 fully saturated rings. The van der Waals surface area contributed by atoms with Crippen LogP contribution in [0.3, 0.4) is 0 Å². The molecule has 1 saturated heterocycles. The van der Waals surface area contributed by atoms with E-state index in [0.29, 0.717) is 6.04 Å². The fraction of sp³-hybridized carbons (Fsp3) is 0.412. The number of hydrogen-bond donors (Lipinski definition) is 0. The second-order valence-electron chi connectivity index (χ2n) is 5.96. The Kier molecular flexibility index (Phi) is 4.63. The summed E-state index contributed by atoms with van der Waals surface area (Å²) < 4.78 is 0. The van der Waals surface area contributed by atoms with Gasteiger partial charge in [-0.1, -0.05) is 12.1 Å². The van der Waals surface area contributed by atoms with Crippen molar-refractivity contribution in [3.63, 3.8) is 0 Å². The van der Waals surface area contributed by atoms with Crippen molar-refractivity contribution >= 4 is 22.7 Å². The Morgan fingerprint density at radius 2 is 1.96 bits per heavy atom. The van der Waals surface area contributed by atoms with Crippen LogP contribution in [0.4, 0.5) is 11.4 Å². The Balaban J connectivity index is 1.74. The zero-order valence-corrected chi connectivity index (χ0v) is 14.3. The van der Waals surface area contributed by atoms with Gasteiger partial charge in [0.05, 0.1) is 4.92 Å². The lowest BCUT2D eigenvalue weighted by molar-refractivity contribution is -0.384. The summed E-state index contributed by atoms with van der Waals surface area (Å²) in [5.41, 5.74) is 3.31. The number of benzene rings is 1. The fourth-order valence-corrected chi connectivity index (χ4v) is 4.01. The largest absolute Gasteiger partial charge is 0.363 e. The highest BCUT2D eigenvalue weighted by Gasteiger charge is 2.27. The molecule has 2 heterocycles. The predicted octanol–water partition coefficient (Wildman–Crippen LogP) is 3.85. The molecule has 0 amide bonds. The highest BCUT2D eigenvalue weighted by Crippen LogP contribution is 2.33. The summed E-state index contributed by atoms with van der Waals surface area (Å²) in [6, 6.07) is 7.88. The van der Waals surface area contributed by atoms with Crippen LogP contribution in [0.2, 0.25) is 0 Å². The lowest BCUT2D eigenvalue weighted by atomic mass is 10.1. The van der Waals surface area contributed by atoms with Gasteiger partial charge < -0.3 is 4.90 Å². The Morgan fingerprint density at radius 1 is 1.22 bits per heavy atom. The van der Waals surface area contributed by atoms with Crippen molar-refractivity contribution in [3.8, 4) is 0 Å². The van der Waals surface area contributed by atoms with Crippen molar-refractivity contribution in [1.82, 2.24) is 4.90 Å².